The number of nitrogens with zero attached hydrogens (tertiary/aromatic N) is 2. The van der Waals surface area contributed by atoms with Crippen molar-refractivity contribution in [1.82, 2.24) is 3.97 Å². The van der Waals surface area contributed by atoms with Gasteiger partial charge >= 0.3 is 0 Å². The van der Waals surface area contributed by atoms with Gasteiger partial charge in [-0.3, -0.25) is 0 Å². The standard InChI is InChI=1S/C26H21FN2O4S/c27-23-7-8-24-22(10-13-29(24)34(30,31)21-4-2-1-3-5-21)26(23)18-6-9-25(19(16-18)17-28)33-20-11-14-32-15-12-20/h1-10,13,16,20H,11-12,14-15H2. The van der Waals surface area contributed by atoms with Gasteiger partial charge in [-0.05, 0) is 48.0 Å². The molecule has 0 saturated carbocycles. The molecule has 1 saturated heterocycles. The van der Waals surface area contributed by atoms with Crippen LogP contribution in [0.5, 0.6) is 5.75 Å². The van der Waals surface area contributed by atoms with Crippen molar-refractivity contribution in [1.29, 1.82) is 5.26 Å². The third kappa shape index (κ3) is 3.94. The smallest absolute Gasteiger partial charge is 0.268 e. The second-order valence-corrected chi connectivity index (χ2v) is 9.85. The molecule has 2 heterocycles. The van der Waals surface area contributed by atoms with Crippen molar-refractivity contribution in [2.75, 3.05) is 13.2 Å². The lowest BCUT2D eigenvalue weighted by atomic mass is 9.99. The van der Waals surface area contributed by atoms with E-state index < -0.39 is 15.8 Å². The lowest BCUT2D eigenvalue weighted by molar-refractivity contribution is 0.0254. The first-order valence-corrected chi connectivity index (χ1v) is 12.3. The molecule has 0 atom stereocenters. The Morgan fingerprint density at radius 2 is 1.79 bits per heavy atom. The maximum Gasteiger partial charge on any atom is 0.268 e. The fraction of sp³-hybridized carbons (Fsp3) is 0.192. The molecule has 0 aliphatic carbocycles. The SMILES string of the molecule is N#Cc1cc(-c2c(F)ccc3c2ccn3S(=O)(=O)c2ccccc2)ccc1OC1CCOCC1. The summed E-state index contributed by atoms with van der Waals surface area (Å²) in [5, 5.41) is 10.1. The first-order valence-electron chi connectivity index (χ1n) is 10.9. The van der Waals surface area contributed by atoms with Crippen molar-refractivity contribution in [3.05, 3.63) is 84.3 Å². The zero-order chi connectivity index (χ0) is 23.7. The van der Waals surface area contributed by atoms with Gasteiger partial charge < -0.3 is 9.47 Å². The van der Waals surface area contributed by atoms with Crippen molar-refractivity contribution in [3.8, 4) is 22.9 Å². The summed E-state index contributed by atoms with van der Waals surface area (Å²) in [7, 11) is -3.86. The number of nitriles is 1. The Labute approximate surface area is 196 Å². The van der Waals surface area contributed by atoms with E-state index in [1.165, 1.54) is 30.5 Å². The number of ether oxygens (including phenoxy) is 2. The highest BCUT2D eigenvalue weighted by Crippen LogP contribution is 2.36. The molecule has 5 rings (SSSR count). The molecule has 1 aliphatic rings. The molecule has 1 aromatic heterocycles. The van der Waals surface area contributed by atoms with Gasteiger partial charge in [0.2, 0.25) is 0 Å². The number of halogens is 1. The molecule has 0 unspecified atom stereocenters. The number of hydrogen-bond donors (Lipinski definition) is 0. The Morgan fingerprint density at radius 3 is 2.53 bits per heavy atom. The Hall–Kier alpha value is -3.67. The van der Waals surface area contributed by atoms with Gasteiger partial charge in [0.05, 0.1) is 29.2 Å². The second-order valence-electron chi connectivity index (χ2n) is 8.04. The molecule has 4 aromatic rings. The summed E-state index contributed by atoms with van der Waals surface area (Å²) in [6.45, 7) is 1.22. The number of aromatic nitrogens is 1. The Kier molecular flexibility index (Phi) is 5.82. The molecule has 34 heavy (non-hydrogen) atoms. The van der Waals surface area contributed by atoms with E-state index in [2.05, 4.69) is 6.07 Å². The maximum absolute atomic E-state index is 15.1. The van der Waals surface area contributed by atoms with E-state index in [1.807, 2.05) is 0 Å². The zero-order valence-electron chi connectivity index (χ0n) is 18.1. The van der Waals surface area contributed by atoms with Crippen molar-refractivity contribution in [2.45, 2.75) is 23.8 Å². The Morgan fingerprint density at radius 1 is 1.03 bits per heavy atom. The van der Waals surface area contributed by atoms with Crippen LogP contribution in [0.4, 0.5) is 4.39 Å². The largest absolute Gasteiger partial charge is 0.489 e. The van der Waals surface area contributed by atoms with Crippen molar-refractivity contribution < 1.29 is 22.3 Å². The molecular formula is C26H21FN2O4S. The van der Waals surface area contributed by atoms with Crippen molar-refractivity contribution >= 4 is 20.9 Å². The van der Waals surface area contributed by atoms with Crippen LogP contribution < -0.4 is 4.74 Å². The summed E-state index contributed by atoms with van der Waals surface area (Å²) < 4.78 is 53.9. The highest BCUT2D eigenvalue weighted by Gasteiger charge is 2.22. The average Bonchev–Trinajstić information content (AvgIpc) is 3.30. The van der Waals surface area contributed by atoms with E-state index in [0.717, 1.165) is 16.8 Å². The van der Waals surface area contributed by atoms with E-state index in [1.54, 1.807) is 42.5 Å². The van der Waals surface area contributed by atoms with Gasteiger partial charge in [0.25, 0.3) is 10.0 Å². The van der Waals surface area contributed by atoms with Crippen LogP contribution >= 0.6 is 0 Å². The van der Waals surface area contributed by atoms with Gasteiger partial charge in [-0.1, -0.05) is 24.3 Å². The maximum atomic E-state index is 15.1. The monoisotopic (exact) mass is 476 g/mol. The predicted octanol–water partition coefficient (Wildman–Crippen LogP) is 5.11. The second kappa shape index (κ2) is 8.93. The molecule has 0 spiro atoms. The van der Waals surface area contributed by atoms with E-state index in [0.29, 0.717) is 35.4 Å². The number of hydrogen-bond acceptors (Lipinski definition) is 5. The van der Waals surface area contributed by atoms with Crippen LogP contribution in [0, 0.1) is 17.1 Å². The first kappa shape index (κ1) is 22.1. The minimum atomic E-state index is -3.86. The Balaban J connectivity index is 1.58. The third-order valence-electron chi connectivity index (χ3n) is 5.94. The molecule has 0 amide bonds. The summed E-state index contributed by atoms with van der Waals surface area (Å²) in [5.41, 5.74) is 1.33. The number of fused-ring (bicyclic) bond motifs is 1. The molecule has 0 radical (unpaired) electrons. The fourth-order valence-corrected chi connectivity index (χ4v) is 5.59. The van der Waals surface area contributed by atoms with Crippen LogP contribution in [0.3, 0.4) is 0 Å². The number of benzene rings is 3. The summed E-state index contributed by atoms with van der Waals surface area (Å²) in [5.74, 6) is -0.0701. The number of rotatable bonds is 5. The van der Waals surface area contributed by atoms with Gasteiger partial charge in [-0.15, -0.1) is 0 Å². The van der Waals surface area contributed by atoms with Crippen molar-refractivity contribution in [3.63, 3.8) is 0 Å². The highest BCUT2D eigenvalue weighted by molar-refractivity contribution is 7.90. The molecule has 0 bridgehead atoms. The van der Waals surface area contributed by atoms with Crippen LogP contribution in [0.1, 0.15) is 18.4 Å². The van der Waals surface area contributed by atoms with Crippen LogP contribution in [-0.4, -0.2) is 31.7 Å². The molecule has 8 heteroatoms. The minimum Gasteiger partial charge on any atom is -0.489 e. The average molecular weight is 477 g/mol. The van der Waals surface area contributed by atoms with Crippen LogP contribution in [0.15, 0.2) is 77.8 Å². The van der Waals surface area contributed by atoms with Gasteiger partial charge in [0.15, 0.2) is 0 Å². The fourth-order valence-electron chi connectivity index (χ4n) is 4.22. The van der Waals surface area contributed by atoms with Gasteiger partial charge in [0, 0.05) is 30.0 Å². The molecule has 0 N–H and O–H groups in total. The molecule has 1 fully saturated rings. The van der Waals surface area contributed by atoms with Crippen molar-refractivity contribution in [2.24, 2.45) is 0 Å². The van der Waals surface area contributed by atoms with Crippen LogP contribution in [0.25, 0.3) is 22.0 Å². The quantitative estimate of drug-likeness (QED) is 0.400. The van der Waals surface area contributed by atoms with Gasteiger partial charge in [-0.2, -0.15) is 5.26 Å². The van der Waals surface area contributed by atoms with Gasteiger partial charge in [0.1, 0.15) is 23.7 Å². The van der Waals surface area contributed by atoms with E-state index in [9.17, 15) is 13.7 Å². The molecule has 1 aliphatic heterocycles. The van der Waals surface area contributed by atoms with Crippen LogP contribution in [-0.2, 0) is 14.8 Å². The summed E-state index contributed by atoms with van der Waals surface area (Å²) in [6.07, 6.45) is 2.86. The highest BCUT2D eigenvalue weighted by atomic mass is 32.2. The topological polar surface area (TPSA) is 81.3 Å². The predicted molar refractivity (Wildman–Crippen MR) is 126 cm³/mol. The lowest BCUT2D eigenvalue weighted by Gasteiger charge is -2.24. The lowest BCUT2D eigenvalue weighted by Crippen LogP contribution is -2.26. The minimum absolute atomic E-state index is 0.0379. The Bertz CT molecular complexity index is 1500. The molecule has 3 aromatic carbocycles. The molecular weight excluding hydrogens is 455 g/mol. The summed E-state index contributed by atoms with van der Waals surface area (Å²) >= 11 is 0. The van der Waals surface area contributed by atoms with E-state index >= 15 is 4.39 Å². The third-order valence-corrected chi connectivity index (χ3v) is 7.64. The van der Waals surface area contributed by atoms with Gasteiger partial charge in [-0.25, -0.2) is 16.8 Å². The van der Waals surface area contributed by atoms with E-state index in [4.69, 9.17) is 9.47 Å². The molecule has 172 valence electrons. The normalized spacial score (nSPS) is 14.7. The van der Waals surface area contributed by atoms with Crippen LogP contribution in [0.2, 0.25) is 0 Å². The summed E-state index contributed by atoms with van der Waals surface area (Å²) in [4.78, 5) is 0.139. The summed E-state index contributed by atoms with van der Waals surface area (Å²) in [6, 6.07) is 19.4. The molecule has 6 nitrogen and oxygen atoms in total. The van der Waals surface area contributed by atoms with E-state index in [-0.39, 0.29) is 22.1 Å². The zero-order valence-corrected chi connectivity index (χ0v) is 19.0. The first-order chi connectivity index (χ1) is 16.5.